The van der Waals surface area contributed by atoms with Crippen molar-refractivity contribution >= 4 is 27.1 Å². The van der Waals surface area contributed by atoms with Crippen molar-refractivity contribution < 1.29 is 13.2 Å². The third kappa shape index (κ3) is 4.35. The number of thiophene rings is 1. The van der Waals surface area contributed by atoms with E-state index in [9.17, 15) is 13.2 Å². The van der Waals surface area contributed by atoms with Gasteiger partial charge in [-0.3, -0.25) is 4.79 Å². The summed E-state index contributed by atoms with van der Waals surface area (Å²) in [5.74, 6) is -0.292. The molecule has 0 bridgehead atoms. The van der Waals surface area contributed by atoms with E-state index >= 15 is 0 Å². The second kappa shape index (κ2) is 7.21. The zero-order valence-electron chi connectivity index (χ0n) is 13.6. The molecule has 0 unspecified atom stereocenters. The van der Waals surface area contributed by atoms with Crippen LogP contribution in [0.3, 0.4) is 0 Å². The van der Waals surface area contributed by atoms with Crippen LogP contribution >= 0.6 is 11.3 Å². The Labute approximate surface area is 151 Å². The summed E-state index contributed by atoms with van der Waals surface area (Å²) in [4.78, 5) is 14.6. The quantitative estimate of drug-likeness (QED) is 0.743. The Morgan fingerprint density at radius 1 is 1.00 bits per heavy atom. The van der Waals surface area contributed by atoms with Gasteiger partial charge in [0.1, 0.15) is 0 Å². The van der Waals surface area contributed by atoms with Crippen molar-refractivity contribution in [1.82, 2.24) is 5.32 Å². The van der Waals surface area contributed by atoms with Gasteiger partial charge < -0.3 is 5.32 Å². The highest BCUT2D eigenvalue weighted by molar-refractivity contribution is 7.90. The summed E-state index contributed by atoms with van der Waals surface area (Å²) in [5, 5.41) is 2.84. The molecule has 6 heteroatoms. The van der Waals surface area contributed by atoms with Gasteiger partial charge in [-0.1, -0.05) is 36.4 Å². The van der Waals surface area contributed by atoms with Crippen molar-refractivity contribution in [3.8, 4) is 10.4 Å². The summed E-state index contributed by atoms with van der Waals surface area (Å²) in [7, 11) is -3.33. The van der Waals surface area contributed by atoms with Crippen molar-refractivity contribution in [1.29, 1.82) is 0 Å². The SMILES string of the molecule is CS(=O)(=O)c1cccc(C(=O)NCc2ccc(-c3ccccc3)s2)c1. The molecule has 0 radical (unpaired) electrons. The lowest BCUT2D eigenvalue weighted by atomic mass is 10.2. The molecule has 0 spiro atoms. The zero-order valence-corrected chi connectivity index (χ0v) is 15.2. The molecule has 0 aliphatic rings. The fraction of sp³-hybridized carbons (Fsp3) is 0.105. The van der Waals surface area contributed by atoms with Gasteiger partial charge in [0.2, 0.25) is 0 Å². The first-order chi connectivity index (χ1) is 11.9. The number of nitrogens with one attached hydrogen (secondary N) is 1. The molecule has 1 aromatic heterocycles. The number of carbonyl (C=O) groups excluding carboxylic acids is 1. The second-order valence-corrected chi connectivity index (χ2v) is 8.80. The van der Waals surface area contributed by atoms with Crippen molar-refractivity contribution in [2.24, 2.45) is 0 Å². The molecule has 1 N–H and O–H groups in total. The van der Waals surface area contributed by atoms with Gasteiger partial charge in [-0.05, 0) is 35.9 Å². The molecular weight excluding hydrogens is 354 g/mol. The van der Waals surface area contributed by atoms with Crippen molar-refractivity contribution in [2.45, 2.75) is 11.4 Å². The summed E-state index contributed by atoms with van der Waals surface area (Å²) in [6, 6.07) is 20.1. The first kappa shape index (κ1) is 17.4. The van der Waals surface area contributed by atoms with Gasteiger partial charge >= 0.3 is 0 Å². The molecule has 0 fully saturated rings. The van der Waals surface area contributed by atoms with Crippen LogP contribution in [0.25, 0.3) is 10.4 Å². The van der Waals surface area contributed by atoms with Crippen molar-refractivity contribution in [2.75, 3.05) is 6.26 Å². The third-order valence-corrected chi connectivity index (χ3v) is 5.91. The van der Waals surface area contributed by atoms with Crippen LogP contribution in [0.15, 0.2) is 71.6 Å². The topological polar surface area (TPSA) is 63.2 Å². The van der Waals surface area contributed by atoms with E-state index in [4.69, 9.17) is 0 Å². The zero-order chi connectivity index (χ0) is 17.9. The van der Waals surface area contributed by atoms with Gasteiger partial charge in [-0.25, -0.2) is 8.42 Å². The highest BCUT2D eigenvalue weighted by atomic mass is 32.2. The molecule has 4 nitrogen and oxygen atoms in total. The highest BCUT2D eigenvalue weighted by Gasteiger charge is 2.12. The van der Waals surface area contributed by atoms with Crippen LogP contribution in [-0.2, 0) is 16.4 Å². The maximum atomic E-state index is 12.3. The van der Waals surface area contributed by atoms with E-state index < -0.39 is 9.84 Å². The average Bonchev–Trinajstić information content (AvgIpc) is 3.09. The van der Waals surface area contributed by atoms with Gasteiger partial charge in [0.15, 0.2) is 9.84 Å². The standard InChI is InChI=1S/C19H17NO3S2/c1-25(22,23)17-9-5-8-15(12-17)19(21)20-13-16-10-11-18(24-16)14-6-3-2-4-7-14/h2-12H,13H2,1H3,(H,20,21). The largest absolute Gasteiger partial charge is 0.347 e. The summed E-state index contributed by atoms with van der Waals surface area (Å²) in [6.07, 6.45) is 1.13. The molecule has 25 heavy (non-hydrogen) atoms. The molecule has 0 saturated heterocycles. The minimum absolute atomic E-state index is 0.141. The summed E-state index contributed by atoms with van der Waals surface area (Å²) >= 11 is 1.62. The van der Waals surface area contributed by atoms with Gasteiger partial charge in [-0.2, -0.15) is 0 Å². The van der Waals surface area contributed by atoms with Gasteiger partial charge in [0.05, 0.1) is 11.4 Å². The van der Waals surface area contributed by atoms with E-state index in [1.165, 1.54) is 12.1 Å². The number of benzene rings is 2. The van der Waals surface area contributed by atoms with Crippen LogP contribution < -0.4 is 5.32 Å². The van der Waals surface area contributed by atoms with E-state index in [1.54, 1.807) is 23.5 Å². The van der Waals surface area contributed by atoms with Crippen molar-refractivity contribution in [3.63, 3.8) is 0 Å². The Balaban J connectivity index is 1.68. The number of hydrogen-bond donors (Lipinski definition) is 1. The van der Waals surface area contributed by atoms with Crippen LogP contribution in [0, 0.1) is 0 Å². The Hall–Kier alpha value is -2.44. The molecule has 1 heterocycles. The fourth-order valence-corrected chi connectivity index (χ4v) is 3.99. The predicted molar refractivity (Wildman–Crippen MR) is 100 cm³/mol. The molecule has 128 valence electrons. The number of sulfone groups is 1. The number of hydrogen-bond acceptors (Lipinski definition) is 4. The van der Waals surface area contributed by atoms with E-state index in [2.05, 4.69) is 5.32 Å². The van der Waals surface area contributed by atoms with E-state index in [1.807, 2.05) is 42.5 Å². The molecule has 3 aromatic rings. The minimum atomic E-state index is -3.33. The summed E-state index contributed by atoms with van der Waals surface area (Å²) in [6.45, 7) is 0.402. The van der Waals surface area contributed by atoms with Crippen LogP contribution in [0.5, 0.6) is 0 Å². The molecular formula is C19H17NO3S2. The van der Waals surface area contributed by atoms with Gasteiger partial charge in [0.25, 0.3) is 5.91 Å². The Kier molecular flexibility index (Phi) is 5.01. The third-order valence-electron chi connectivity index (χ3n) is 3.67. The van der Waals surface area contributed by atoms with Crippen molar-refractivity contribution in [3.05, 3.63) is 77.2 Å². The monoisotopic (exact) mass is 371 g/mol. The number of amides is 1. The number of carbonyl (C=O) groups is 1. The second-order valence-electron chi connectivity index (χ2n) is 5.61. The minimum Gasteiger partial charge on any atom is -0.347 e. The Bertz CT molecular complexity index is 992. The van der Waals surface area contributed by atoms with Crippen LogP contribution in [0.1, 0.15) is 15.2 Å². The molecule has 0 aliphatic heterocycles. The van der Waals surface area contributed by atoms with Crippen LogP contribution in [-0.4, -0.2) is 20.6 Å². The number of rotatable bonds is 5. The Morgan fingerprint density at radius 3 is 2.48 bits per heavy atom. The van der Waals surface area contributed by atoms with Gasteiger partial charge in [-0.15, -0.1) is 11.3 Å². The smallest absolute Gasteiger partial charge is 0.251 e. The normalized spacial score (nSPS) is 11.2. The lowest BCUT2D eigenvalue weighted by Gasteiger charge is -2.05. The highest BCUT2D eigenvalue weighted by Crippen LogP contribution is 2.27. The molecule has 1 amide bonds. The lowest BCUT2D eigenvalue weighted by Crippen LogP contribution is -2.22. The van der Waals surface area contributed by atoms with Gasteiger partial charge in [0, 0.05) is 21.6 Å². The lowest BCUT2D eigenvalue weighted by molar-refractivity contribution is 0.0951. The maximum absolute atomic E-state index is 12.3. The van der Waals surface area contributed by atoms with E-state index in [-0.39, 0.29) is 10.8 Å². The van der Waals surface area contributed by atoms with Crippen LogP contribution in [0.4, 0.5) is 0 Å². The van der Waals surface area contributed by atoms with E-state index in [0.29, 0.717) is 12.1 Å². The summed E-state index contributed by atoms with van der Waals surface area (Å²) < 4.78 is 23.2. The predicted octanol–water partition coefficient (Wildman–Crippen LogP) is 3.75. The first-order valence-electron chi connectivity index (χ1n) is 7.66. The van der Waals surface area contributed by atoms with E-state index in [0.717, 1.165) is 21.6 Å². The first-order valence-corrected chi connectivity index (χ1v) is 10.4. The maximum Gasteiger partial charge on any atom is 0.251 e. The molecule has 3 rings (SSSR count). The molecule has 0 atom stereocenters. The Morgan fingerprint density at radius 2 is 1.76 bits per heavy atom. The molecule has 0 aliphatic carbocycles. The van der Waals surface area contributed by atoms with Crippen LogP contribution in [0.2, 0.25) is 0 Å². The summed E-state index contributed by atoms with van der Waals surface area (Å²) in [5.41, 5.74) is 1.48. The molecule has 2 aromatic carbocycles. The average molecular weight is 371 g/mol. The molecule has 0 saturated carbocycles. The fourth-order valence-electron chi connectivity index (χ4n) is 2.37.